The Hall–Kier alpha value is -1.20. The van der Waals surface area contributed by atoms with Crippen molar-refractivity contribution < 1.29 is 0 Å². The number of fused-ring (bicyclic) bond motifs is 3. The van der Waals surface area contributed by atoms with Gasteiger partial charge in [0.2, 0.25) is 0 Å². The molecule has 1 aromatic heterocycles. The summed E-state index contributed by atoms with van der Waals surface area (Å²) in [7, 11) is 0. The lowest BCUT2D eigenvalue weighted by molar-refractivity contribution is 0.680. The van der Waals surface area contributed by atoms with Crippen LogP contribution in [0.5, 0.6) is 0 Å². The summed E-state index contributed by atoms with van der Waals surface area (Å²) in [6, 6.07) is 6.54. The van der Waals surface area contributed by atoms with E-state index in [0.29, 0.717) is 0 Å². The van der Waals surface area contributed by atoms with E-state index in [9.17, 15) is 0 Å². The van der Waals surface area contributed by atoms with Gasteiger partial charge in [0.1, 0.15) is 0 Å². The Balaban J connectivity index is 2.03. The topological polar surface area (TPSA) is 15.8 Å². The molecule has 0 spiro atoms. The quantitative estimate of drug-likeness (QED) is 0.601. The molecule has 0 saturated carbocycles. The first-order chi connectivity index (χ1) is 8.88. The van der Waals surface area contributed by atoms with Gasteiger partial charge in [-0.05, 0) is 49.4 Å². The van der Waals surface area contributed by atoms with Crippen LogP contribution in [0.4, 0.5) is 0 Å². The van der Waals surface area contributed by atoms with E-state index in [1.165, 1.54) is 47.8 Å². The Morgan fingerprint density at radius 1 is 1.22 bits per heavy atom. The third-order valence-electron chi connectivity index (χ3n) is 3.55. The third-order valence-corrected chi connectivity index (χ3v) is 3.95. The molecule has 18 heavy (non-hydrogen) atoms. The number of H-pyrrole nitrogens is 1. The molecule has 1 aliphatic rings. The van der Waals surface area contributed by atoms with Gasteiger partial charge in [-0.2, -0.15) is 0 Å². The van der Waals surface area contributed by atoms with E-state index in [1.54, 1.807) is 0 Å². The zero-order valence-corrected chi connectivity index (χ0v) is 11.9. The van der Waals surface area contributed by atoms with E-state index in [2.05, 4.69) is 51.0 Å². The third kappa shape index (κ3) is 2.20. The fourth-order valence-electron chi connectivity index (χ4n) is 2.70. The van der Waals surface area contributed by atoms with Gasteiger partial charge in [-0.3, -0.25) is 0 Å². The number of hydrogen-bond donors (Lipinski definition) is 1. The van der Waals surface area contributed by atoms with Crippen molar-refractivity contribution in [1.29, 1.82) is 0 Å². The minimum Gasteiger partial charge on any atom is -0.358 e. The summed E-state index contributed by atoms with van der Waals surface area (Å²) in [5, 5.41) is 2.33. The monoisotopic (exact) mass is 301 g/mol. The van der Waals surface area contributed by atoms with E-state index >= 15 is 0 Å². The molecule has 1 aromatic carbocycles. The number of halogens is 1. The number of benzene rings is 1. The predicted octanol–water partition coefficient (Wildman–Crippen LogP) is 4.18. The molecule has 0 atom stereocenters. The number of rotatable bonds is 1. The maximum Gasteiger partial charge on any atom is 0.0459 e. The normalized spacial score (nSPS) is 14.1. The molecule has 0 fully saturated rings. The molecule has 0 amide bonds. The number of aromatic nitrogens is 1. The van der Waals surface area contributed by atoms with Crippen LogP contribution in [0.2, 0.25) is 0 Å². The van der Waals surface area contributed by atoms with E-state index < -0.39 is 0 Å². The molecule has 92 valence electrons. The van der Waals surface area contributed by atoms with E-state index in [4.69, 9.17) is 0 Å². The highest BCUT2D eigenvalue weighted by atomic mass is 79.9. The van der Waals surface area contributed by atoms with Gasteiger partial charge in [-0.25, -0.2) is 0 Å². The summed E-state index contributed by atoms with van der Waals surface area (Å²) in [6.45, 7) is 0. The fourth-order valence-corrected chi connectivity index (χ4v) is 2.89. The standard InChI is InChI=1S/C16H16BrN/c17-10-4-3-5-12-8-9-16-14(11-12)13-6-1-2-7-15(13)18-16/h8-9,11,18H,1-2,4,6-7,10H2. The second-order valence-electron chi connectivity index (χ2n) is 4.79. The summed E-state index contributed by atoms with van der Waals surface area (Å²) in [6.07, 6.45) is 5.96. The molecule has 1 nitrogen and oxygen atoms in total. The second-order valence-corrected chi connectivity index (χ2v) is 5.58. The fraction of sp³-hybridized carbons (Fsp3) is 0.375. The first kappa shape index (κ1) is 11.9. The van der Waals surface area contributed by atoms with Crippen molar-refractivity contribution in [2.24, 2.45) is 0 Å². The highest BCUT2D eigenvalue weighted by molar-refractivity contribution is 9.09. The molecule has 0 saturated heterocycles. The highest BCUT2D eigenvalue weighted by Crippen LogP contribution is 2.29. The highest BCUT2D eigenvalue weighted by Gasteiger charge is 2.14. The van der Waals surface area contributed by atoms with Crippen molar-refractivity contribution in [3.63, 3.8) is 0 Å². The van der Waals surface area contributed by atoms with Crippen LogP contribution in [-0.4, -0.2) is 10.3 Å². The Morgan fingerprint density at radius 2 is 2.11 bits per heavy atom. The van der Waals surface area contributed by atoms with Crippen molar-refractivity contribution in [3.8, 4) is 11.8 Å². The molecule has 2 aromatic rings. The van der Waals surface area contributed by atoms with Crippen LogP contribution in [0.3, 0.4) is 0 Å². The van der Waals surface area contributed by atoms with Gasteiger partial charge in [0.25, 0.3) is 0 Å². The zero-order valence-electron chi connectivity index (χ0n) is 10.4. The smallest absolute Gasteiger partial charge is 0.0459 e. The molecule has 1 aliphatic carbocycles. The molecule has 2 heteroatoms. The van der Waals surface area contributed by atoms with Crippen molar-refractivity contribution in [2.45, 2.75) is 32.1 Å². The Morgan fingerprint density at radius 3 is 3.00 bits per heavy atom. The van der Waals surface area contributed by atoms with Gasteiger partial charge in [0.05, 0.1) is 0 Å². The maximum atomic E-state index is 3.55. The van der Waals surface area contributed by atoms with E-state index in [-0.39, 0.29) is 0 Å². The maximum absolute atomic E-state index is 3.55. The Labute approximate surface area is 116 Å². The molecular weight excluding hydrogens is 286 g/mol. The van der Waals surface area contributed by atoms with Gasteiger partial charge in [-0.1, -0.05) is 27.8 Å². The lowest BCUT2D eigenvalue weighted by Crippen LogP contribution is -1.99. The van der Waals surface area contributed by atoms with Crippen LogP contribution in [0, 0.1) is 11.8 Å². The summed E-state index contributed by atoms with van der Waals surface area (Å²) in [5.41, 5.74) is 5.38. The average Bonchev–Trinajstić information content (AvgIpc) is 2.77. The van der Waals surface area contributed by atoms with Crippen LogP contribution in [0.25, 0.3) is 10.9 Å². The summed E-state index contributed by atoms with van der Waals surface area (Å²) in [5.74, 6) is 6.42. The van der Waals surface area contributed by atoms with Crippen LogP contribution in [-0.2, 0) is 12.8 Å². The first-order valence-electron chi connectivity index (χ1n) is 6.57. The predicted molar refractivity (Wildman–Crippen MR) is 80.2 cm³/mol. The van der Waals surface area contributed by atoms with Gasteiger partial charge in [0, 0.05) is 33.9 Å². The summed E-state index contributed by atoms with van der Waals surface area (Å²) < 4.78 is 0. The molecule has 3 rings (SSSR count). The van der Waals surface area contributed by atoms with Crippen molar-refractivity contribution in [2.75, 3.05) is 5.33 Å². The lowest BCUT2D eigenvalue weighted by atomic mass is 9.95. The first-order valence-corrected chi connectivity index (χ1v) is 7.69. The Kier molecular flexibility index (Phi) is 3.43. The van der Waals surface area contributed by atoms with Gasteiger partial charge in [-0.15, -0.1) is 0 Å². The summed E-state index contributed by atoms with van der Waals surface area (Å²) >= 11 is 3.40. The van der Waals surface area contributed by atoms with Gasteiger partial charge < -0.3 is 4.98 Å². The average molecular weight is 302 g/mol. The number of hydrogen-bond acceptors (Lipinski definition) is 0. The Bertz CT molecular complexity index is 628. The molecule has 1 heterocycles. The largest absolute Gasteiger partial charge is 0.358 e. The van der Waals surface area contributed by atoms with E-state index in [0.717, 1.165) is 17.3 Å². The van der Waals surface area contributed by atoms with Crippen molar-refractivity contribution >= 4 is 26.8 Å². The molecule has 0 unspecified atom stereocenters. The minimum absolute atomic E-state index is 0.906. The number of aromatic amines is 1. The van der Waals surface area contributed by atoms with E-state index in [1.807, 2.05) is 0 Å². The van der Waals surface area contributed by atoms with Crippen LogP contribution in [0.15, 0.2) is 18.2 Å². The molecule has 0 aliphatic heterocycles. The minimum atomic E-state index is 0.906. The SMILES string of the molecule is BrCCC#Cc1ccc2[nH]c3c(c2c1)CCCC3. The van der Waals surface area contributed by atoms with Gasteiger partial charge in [0.15, 0.2) is 0 Å². The second kappa shape index (κ2) is 5.20. The lowest BCUT2D eigenvalue weighted by Gasteiger charge is -2.10. The van der Waals surface area contributed by atoms with Crippen LogP contribution in [0.1, 0.15) is 36.1 Å². The number of aryl methyl sites for hydroxylation is 2. The zero-order chi connectivity index (χ0) is 12.4. The summed E-state index contributed by atoms with van der Waals surface area (Å²) in [4.78, 5) is 3.55. The molecule has 1 N–H and O–H groups in total. The van der Waals surface area contributed by atoms with Crippen molar-refractivity contribution in [3.05, 3.63) is 35.0 Å². The van der Waals surface area contributed by atoms with Gasteiger partial charge >= 0.3 is 0 Å². The molecular formula is C16H16BrN. The van der Waals surface area contributed by atoms with Crippen LogP contribution < -0.4 is 0 Å². The number of nitrogens with one attached hydrogen (secondary N) is 1. The molecule has 0 radical (unpaired) electrons. The number of alkyl halides is 1. The molecule has 0 bridgehead atoms. The van der Waals surface area contributed by atoms with Crippen LogP contribution >= 0.6 is 15.9 Å². The van der Waals surface area contributed by atoms with Crippen molar-refractivity contribution in [1.82, 2.24) is 4.98 Å².